The second kappa shape index (κ2) is 11.2. The Morgan fingerprint density at radius 3 is 2.50 bits per heavy atom. The van der Waals surface area contributed by atoms with E-state index in [1.807, 2.05) is 31.2 Å². The first-order valence-corrected chi connectivity index (χ1v) is 11.0. The molecular formula is C21H24BrFN2O2S. The smallest absolute Gasteiger partial charge is 0.242 e. The maximum Gasteiger partial charge on any atom is 0.242 e. The zero-order valence-electron chi connectivity index (χ0n) is 16.0. The van der Waals surface area contributed by atoms with Gasteiger partial charge in [0.25, 0.3) is 0 Å². The summed E-state index contributed by atoms with van der Waals surface area (Å²) >= 11 is 4.74. The van der Waals surface area contributed by atoms with Crippen molar-refractivity contribution in [3.8, 4) is 0 Å². The minimum absolute atomic E-state index is 0.150. The zero-order valence-corrected chi connectivity index (χ0v) is 18.4. The summed E-state index contributed by atoms with van der Waals surface area (Å²) in [6.45, 7) is 4.41. The van der Waals surface area contributed by atoms with Gasteiger partial charge in [-0.15, -0.1) is 11.8 Å². The molecule has 0 unspecified atom stereocenters. The highest BCUT2D eigenvalue weighted by molar-refractivity contribution is 9.10. The third kappa shape index (κ3) is 6.63. The van der Waals surface area contributed by atoms with E-state index in [9.17, 15) is 14.0 Å². The lowest BCUT2D eigenvalue weighted by atomic mass is 10.1. The van der Waals surface area contributed by atoms with Crippen LogP contribution < -0.4 is 5.32 Å². The number of carbonyl (C=O) groups excluding carboxylic acids is 2. The van der Waals surface area contributed by atoms with E-state index < -0.39 is 6.04 Å². The van der Waals surface area contributed by atoms with Gasteiger partial charge in [0, 0.05) is 23.3 Å². The van der Waals surface area contributed by atoms with Crippen LogP contribution in [0.3, 0.4) is 0 Å². The fourth-order valence-corrected chi connectivity index (χ4v) is 3.80. The van der Waals surface area contributed by atoms with Crippen molar-refractivity contribution in [2.24, 2.45) is 0 Å². The van der Waals surface area contributed by atoms with Gasteiger partial charge in [0.05, 0.1) is 5.75 Å². The van der Waals surface area contributed by atoms with Gasteiger partial charge in [-0.1, -0.05) is 46.3 Å². The van der Waals surface area contributed by atoms with Crippen LogP contribution in [0, 0.1) is 5.82 Å². The number of amides is 2. The molecule has 0 aromatic heterocycles. The molecule has 0 heterocycles. The number of hydrogen-bond acceptors (Lipinski definition) is 3. The molecule has 0 spiro atoms. The van der Waals surface area contributed by atoms with E-state index >= 15 is 0 Å². The third-order valence-corrected chi connectivity index (χ3v) is 5.72. The number of nitrogens with zero attached hydrogens (tertiary/aromatic N) is 1. The molecule has 2 amide bonds. The largest absolute Gasteiger partial charge is 0.355 e. The molecule has 1 atom stereocenters. The molecule has 28 heavy (non-hydrogen) atoms. The average molecular weight is 467 g/mol. The summed E-state index contributed by atoms with van der Waals surface area (Å²) < 4.78 is 14.7. The highest BCUT2D eigenvalue weighted by Gasteiger charge is 2.25. The lowest BCUT2D eigenvalue weighted by Gasteiger charge is -2.28. The summed E-state index contributed by atoms with van der Waals surface area (Å²) in [6.07, 6.45) is 0. The van der Waals surface area contributed by atoms with Crippen molar-refractivity contribution < 1.29 is 14.0 Å². The van der Waals surface area contributed by atoms with E-state index in [1.165, 1.54) is 17.8 Å². The number of nitrogens with one attached hydrogen (secondary N) is 1. The Kier molecular flexibility index (Phi) is 8.99. The SMILES string of the molecule is CCNC(=O)[C@@H](C)N(Cc1ccc(Br)cc1)C(=O)CSCc1ccccc1F. The summed E-state index contributed by atoms with van der Waals surface area (Å²) in [7, 11) is 0. The van der Waals surface area contributed by atoms with Gasteiger partial charge in [0.1, 0.15) is 11.9 Å². The molecule has 150 valence electrons. The van der Waals surface area contributed by atoms with Gasteiger partial charge >= 0.3 is 0 Å². The fourth-order valence-electron chi connectivity index (χ4n) is 2.64. The van der Waals surface area contributed by atoms with Crippen molar-refractivity contribution in [3.05, 3.63) is 69.9 Å². The van der Waals surface area contributed by atoms with Crippen LogP contribution in [0.25, 0.3) is 0 Å². The molecule has 7 heteroatoms. The van der Waals surface area contributed by atoms with Gasteiger partial charge in [0.15, 0.2) is 0 Å². The van der Waals surface area contributed by atoms with E-state index in [4.69, 9.17) is 0 Å². The lowest BCUT2D eigenvalue weighted by Crippen LogP contribution is -2.48. The molecule has 2 aromatic rings. The summed E-state index contributed by atoms with van der Waals surface area (Å²) in [5.41, 5.74) is 1.50. The molecule has 0 bridgehead atoms. The Morgan fingerprint density at radius 1 is 1.18 bits per heavy atom. The van der Waals surface area contributed by atoms with Gasteiger partial charge in [-0.2, -0.15) is 0 Å². The van der Waals surface area contributed by atoms with Crippen LogP contribution in [0.2, 0.25) is 0 Å². The zero-order chi connectivity index (χ0) is 20.5. The first-order chi connectivity index (χ1) is 13.4. The molecule has 0 aliphatic heterocycles. The van der Waals surface area contributed by atoms with Gasteiger partial charge in [-0.3, -0.25) is 9.59 Å². The fraction of sp³-hybridized carbons (Fsp3) is 0.333. The molecule has 0 saturated carbocycles. The van der Waals surface area contributed by atoms with E-state index in [-0.39, 0.29) is 23.4 Å². The van der Waals surface area contributed by atoms with Crippen LogP contribution >= 0.6 is 27.7 Å². The van der Waals surface area contributed by atoms with E-state index in [0.717, 1.165) is 10.0 Å². The van der Waals surface area contributed by atoms with Crippen LogP contribution in [-0.4, -0.2) is 35.1 Å². The number of hydrogen-bond donors (Lipinski definition) is 1. The molecule has 4 nitrogen and oxygen atoms in total. The number of thioether (sulfide) groups is 1. The van der Waals surface area contributed by atoms with Crippen LogP contribution in [0.1, 0.15) is 25.0 Å². The normalized spacial score (nSPS) is 11.7. The van der Waals surface area contributed by atoms with E-state index in [1.54, 1.807) is 30.0 Å². The first kappa shape index (κ1) is 22.4. The Labute approximate surface area is 178 Å². The molecule has 2 aromatic carbocycles. The highest BCUT2D eigenvalue weighted by Crippen LogP contribution is 2.18. The number of benzene rings is 2. The van der Waals surface area contributed by atoms with Crippen LogP contribution in [-0.2, 0) is 21.9 Å². The van der Waals surface area contributed by atoms with Crippen molar-refractivity contribution >= 4 is 39.5 Å². The number of rotatable bonds is 9. The monoisotopic (exact) mass is 466 g/mol. The van der Waals surface area contributed by atoms with Crippen LogP contribution in [0.4, 0.5) is 4.39 Å². The van der Waals surface area contributed by atoms with Crippen molar-refractivity contribution in [2.75, 3.05) is 12.3 Å². The summed E-state index contributed by atoms with van der Waals surface area (Å²) in [5.74, 6) is -0.0331. The molecule has 0 aliphatic rings. The molecular weight excluding hydrogens is 443 g/mol. The maximum absolute atomic E-state index is 13.7. The summed E-state index contributed by atoms with van der Waals surface area (Å²) in [5, 5.41) is 2.77. The summed E-state index contributed by atoms with van der Waals surface area (Å²) in [4.78, 5) is 26.7. The molecule has 1 N–H and O–H groups in total. The predicted octanol–water partition coefficient (Wildman–Crippen LogP) is 4.37. The number of carbonyl (C=O) groups is 2. The predicted molar refractivity (Wildman–Crippen MR) is 115 cm³/mol. The van der Waals surface area contributed by atoms with Gasteiger partial charge < -0.3 is 10.2 Å². The minimum Gasteiger partial charge on any atom is -0.355 e. The van der Waals surface area contributed by atoms with Gasteiger partial charge in [-0.05, 0) is 43.2 Å². The van der Waals surface area contributed by atoms with Crippen LogP contribution in [0.15, 0.2) is 53.0 Å². The standard InChI is InChI=1S/C21H24BrFN2O2S/c1-3-24-21(27)15(2)25(12-16-8-10-18(22)11-9-16)20(26)14-28-13-17-6-4-5-7-19(17)23/h4-11,15H,3,12-14H2,1-2H3,(H,24,27)/t15-/m1/s1. The molecule has 0 radical (unpaired) electrons. The van der Waals surface area contributed by atoms with E-state index in [2.05, 4.69) is 21.2 Å². The highest BCUT2D eigenvalue weighted by atomic mass is 79.9. The Balaban J connectivity index is 2.05. The van der Waals surface area contributed by atoms with Crippen molar-refractivity contribution in [2.45, 2.75) is 32.2 Å². The molecule has 0 saturated heterocycles. The topological polar surface area (TPSA) is 49.4 Å². The van der Waals surface area contributed by atoms with Crippen molar-refractivity contribution in [1.82, 2.24) is 10.2 Å². The molecule has 2 rings (SSSR count). The van der Waals surface area contributed by atoms with Crippen molar-refractivity contribution in [3.63, 3.8) is 0 Å². The second-order valence-electron chi connectivity index (χ2n) is 6.30. The number of likely N-dealkylation sites (N-methyl/N-ethyl adjacent to an activating group) is 1. The lowest BCUT2D eigenvalue weighted by molar-refractivity contribution is -0.138. The number of halogens is 2. The van der Waals surface area contributed by atoms with E-state index in [0.29, 0.717) is 24.4 Å². The summed E-state index contributed by atoms with van der Waals surface area (Å²) in [6, 6.07) is 13.6. The maximum atomic E-state index is 13.7. The Bertz CT molecular complexity index is 801. The first-order valence-electron chi connectivity index (χ1n) is 9.05. The van der Waals surface area contributed by atoms with Gasteiger partial charge in [-0.25, -0.2) is 4.39 Å². The van der Waals surface area contributed by atoms with Crippen LogP contribution in [0.5, 0.6) is 0 Å². The Morgan fingerprint density at radius 2 is 1.86 bits per heavy atom. The average Bonchev–Trinajstić information content (AvgIpc) is 2.68. The molecule has 0 fully saturated rings. The van der Waals surface area contributed by atoms with Gasteiger partial charge in [0.2, 0.25) is 11.8 Å². The third-order valence-electron chi connectivity index (χ3n) is 4.23. The second-order valence-corrected chi connectivity index (χ2v) is 8.20. The Hall–Kier alpha value is -1.86. The quantitative estimate of drug-likeness (QED) is 0.596. The molecule has 0 aliphatic carbocycles. The minimum atomic E-state index is -0.592. The van der Waals surface area contributed by atoms with Crippen molar-refractivity contribution in [1.29, 1.82) is 0 Å².